The van der Waals surface area contributed by atoms with E-state index in [4.69, 9.17) is 4.98 Å². The molecule has 0 radical (unpaired) electrons. The molecule has 1 unspecified atom stereocenters. The lowest BCUT2D eigenvalue weighted by molar-refractivity contribution is -0.129. The molecule has 3 rings (SSSR count). The highest BCUT2D eigenvalue weighted by atomic mass is 16.2. The maximum Gasteiger partial charge on any atom is 0.245 e. The molecule has 1 aromatic heterocycles. The number of nitrogens with zero attached hydrogens (tertiary/aromatic N) is 3. The number of hydrogen-bond donors (Lipinski definition) is 1. The first-order chi connectivity index (χ1) is 9.39. The molecule has 1 N–H and O–H groups in total. The molecule has 0 aliphatic carbocycles. The standard InChI is InChI=1S/C15H24N4O/c1-15(2,3)14-17-10-9-16-7-5-11(10)19(14)12-6-8-18(4)13(12)20/h12,16H,5-9H2,1-4H3. The number of aromatic nitrogens is 2. The van der Waals surface area contributed by atoms with Crippen molar-refractivity contribution in [3.05, 3.63) is 17.2 Å². The van der Waals surface area contributed by atoms with E-state index < -0.39 is 0 Å². The van der Waals surface area contributed by atoms with E-state index in [1.165, 1.54) is 5.69 Å². The fraction of sp³-hybridized carbons (Fsp3) is 0.733. The monoisotopic (exact) mass is 276 g/mol. The van der Waals surface area contributed by atoms with E-state index in [-0.39, 0.29) is 17.4 Å². The molecular formula is C15H24N4O. The summed E-state index contributed by atoms with van der Waals surface area (Å²) >= 11 is 0. The molecule has 2 aliphatic rings. The molecule has 0 saturated carbocycles. The minimum absolute atomic E-state index is 0.0429. The summed E-state index contributed by atoms with van der Waals surface area (Å²) in [5.41, 5.74) is 2.35. The van der Waals surface area contributed by atoms with Crippen molar-refractivity contribution in [3.63, 3.8) is 0 Å². The zero-order valence-electron chi connectivity index (χ0n) is 12.9. The second-order valence-electron chi connectivity index (χ2n) is 6.94. The van der Waals surface area contributed by atoms with Crippen LogP contribution in [0.5, 0.6) is 0 Å². The number of amides is 1. The first kappa shape index (κ1) is 13.6. The molecule has 1 amide bonds. The van der Waals surface area contributed by atoms with Crippen molar-refractivity contribution >= 4 is 5.91 Å². The van der Waals surface area contributed by atoms with E-state index in [1.54, 1.807) is 0 Å². The SMILES string of the molecule is CN1CCC(n2c(C(C)(C)C)nc3c2CCNC3)C1=O. The van der Waals surface area contributed by atoms with Gasteiger partial charge in [-0.05, 0) is 6.42 Å². The van der Waals surface area contributed by atoms with Crippen LogP contribution in [0.25, 0.3) is 0 Å². The van der Waals surface area contributed by atoms with Crippen molar-refractivity contribution in [2.75, 3.05) is 20.1 Å². The third kappa shape index (κ3) is 2.04. The number of likely N-dealkylation sites (N-methyl/N-ethyl adjacent to an activating group) is 1. The predicted octanol–water partition coefficient (Wildman–Crippen LogP) is 1.23. The summed E-state index contributed by atoms with van der Waals surface area (Å²) in [6, 6.07) is -0.0522. The third-order valence-corrected chi connectivity index (χ3v) is 4.31. The Bertz CT molecular complexity index is 541. The summed E-state index contributed by atoms with van der Waals surface area (Å²) in [5.74, 6) is 1.29. The Morgan fingerprint density at radius 3 is 2.70 bits per heavy atom. The van der Waals surface area contributed by atoms with Gasteiger partial charge >= 0.3 is 0 Å². The van der Waals surface area contributed by atoms with Crippen LogP contribution < -0.4 is 5.32 Å². The molecule has 2 aliphatic heterocycles. The Morgan fingerprint density at radius 1 is 1.35 bits per heavy atom. The number of hydrogen-bond acceptors (Lipinski definition) is 3. The zero-order chi connectivity index (χ0) is 14.5. The van der Waals surface area contributed by atoms with Gasteiger partial charge in [-0.2, -0.15) is 0 Å². The summed E-state index contributed by atoms with van der Waals surface area (Å²) in [6.07, 6.45) is 1.86. The number of carbonyl (C=O) groups is 1. The van der Waals surface area contributed by atoms with E-state index >= 15 is 0 Å². The van der Waals surface area contributed by atoms with E-state index in [2.05, 4.69) is 30.7 Å². The Kier molecular flexibility index (Phi) is 3.12. The van der Waals surface area contributed by atoms with Crippen molar-refractivity contribution in [2.45, 2.75) is 51.6 Å². The molecule has 1 fully saturated rings. The molecular weight excluding hydrogens is 252 g/mol. The zero-order valence-corrected chi connectivity index (χ0v) is 12.9. The molecule has 20 heavy (non-hydrogen) atoms. The molecule has 5 nitrogen and oxygen atoms in total. The molecule has 5 heteroatoms. The Labute approximate surface area is 120 Å². The minimum Gasteiger partial charge on any atom is -0.344 e. The van der Waals surface area contributed by atoms with Crippen LogP contribution in [0.3, 0.4) is 0 Å². The normalized spacial score (nSPS) is 23.3. The van der Waals surface area contributed by atoms with Crippen LogP contribution >= 0.6 is 0 Å². The highest BCUT2D eigenvalue weighted by molar-refractivity contribution is 5.82. The van der Waals surface area contributed by atoms with Gasteiger partial charge in [-0.1, -0.05) is 20.8 Å². The smallest absolute Gasteiger partial charge is 0.245 e. The van der Waals surface area contributed by atoms with Crippen LogP contribution in [0.1, 0.15) is 50.4 Å². The number of carbonyl (C=O) groups excluding carboxylic acids is 1. The van der Waals surface area contributed by atoms with Gasteiger partial charge in [0, 0.05) is 44.2 Å². The Morgan fingerprint density at radius 2 is 2.10 bits per heavy atom. The van der Waals surface area contributed by atoms with E-state index in [0.717, 1.165) is 44.0 Å². The maximum atomic E-state index is 12.4. The first-order valence-electron chi connectivity index (χ1n) is 7.45. The van der Waals surface area contributed by atoms with Crippen molar-refractivity contribution < 1.29 is 4.79 Å². The van der Waals surface area contributed by atoms with Crippen LogP contribution in [0.15, 0.2) is 0 Å². The quantitative estimate of drug-likeness (QED) is 0.839. The molecule has 3 heterocycles. The summed E-state index contributed by atoms with van der Waals surface area (Å²) in [4.78, 5) is 19.1. The van der Waals surface area contributed by atoms with Gasteiger partial charge in [0.1, 0.15) is 11.9 Å². The van der Waals surface area contributed by atoms with Gasteiger partial charge in [-0.15, -0.1) is 0 Å². The van der Waals surface area contributed by atoms with Gasteiger partial charge in [0.15, 0.2) is 0 Å². The maximum absolute atomic E-state index is 12.4. The van der Waals surface area contributed by atoms with Crippen LogP contribution in [0.4, 0.5) is 0 Å². The molecule has 1 saturated heterocycles. The lowest BCUT2D eigenvalue weighted by Crippen LogP contribution is -2.31. The number of imidazole rings is 1. The average Bonchev–Trinajstić information content (AvgIpc) is 2.91. The van der Waals surface area contributed by atoms with Crippen LogP contribution in [-0.4, -0.2) is 40.5 Å². The van der Waals surface area contributed by atoms with Crippen LogP contribution in [0, 0.1) is 0 Å². The second-order valence-corrected chi connectivity index (χ2v) is 6.94. The number of fused-ring (bicyclic) bond motifs is 1. The molecule has 0 bridgehead atoms. The van der Waals surface area contributed by atoms with E-state index in [0.29, 0.717) is 0 Å². The summed E-state index contributed by atoms with van der Waals surface area (Å²) in [5, 5.41) is 3.37. The van der Waals surface area contributed by atoms with Gasteiger partial charge in [-0.3, -0.25) is 4.79 Å². The summed E-state index contributed by atoms with van der Waals surface area (Å²) in [7, 11) is 1.89. The van der Waals surface area contributed by atoms with Crippen molar-refractivity contribution in [1.82, 2.24) is 19.8 Å². The second kappa shape index (κ2) is 4.58. The van der Waals surface area contributed by atoms with Gasteiger partial charge in [-0.25, -0.2) is 4.98 Å². The van der Waals surface area contributed by atoms with E-state index in [9.17, 15) is 4.79 Å². The van der Waals surface area contributed by atoms with Crippen molar-refractivity contribution in [1.29, 1.82) is 0 Å². The number of nitrogens with one attached hydrogen (secondary N) is 1. The molecule has 0 spiro atoms. The Hall–Kier alpha value is -1.36. The Balaban J connectivity index is 2.12. The van der Waals surface area contributed by atoms with Crippen LogP contribution in [0.2, 0.25) is 0 Å². The summed E-state index contributed by atoms with van der Waals surface area (Å²) < 4.78 is 2.25. The highest BCUT2D eigenvalue weighted by Gasteiger charge is 2.37. The molecule has 1 aromatic rings. The topological polar surface area (TPSA) is 50.2 Å². The lowest BCUT2D eigenvalue weighted by Gasteiger charge is -2.25. The number of rotatable bonds is 1. The van der Waals surface area contributed by atoms with E-state index in [1.807, 2.05) is 11.9 Å². The predicted molar refractivity (Wildman–Crippen MR) is 77.6 cm³/mol. The third-order valence-electron chi connectivity index (χ3n) is 4.31. The fourth-order valence-corrected chi connectivity index (χ4v) is 3.24. The lowest BCUT2D eigenvalue weighted by atomic mass is 9.95. The fourth-order valence-electron chi connectivity index (χ4n) is 3.24. The van der Waals surface area contributed by atoms with Gasteiger partial charge in [0.05, 0.1) is 5.69 Å². The van der Waals surface area contributed by atoms with Gasteiger partial charge in [0.25, 0.3) is 0 Å². The summed E-state index contributed by atoms with van der Waals surface area (Å²) in [6.45, 7) is 9.16. The van der Waals surface area contributed by atoms with Gasteiger partial charge < -0.3 is 14.8 Å². The van der Waals surface area contributed by atoms with Crippen molar-refractivity contribution in [3.8, 4) is 0 Å². The first-order valence-corrected chi connectivity index (χ1v) is 7.45. The van der Waals surface area contributed by atoms with Crippen LogP contribution in [-0.2, 0) is 23.2 Å². The van der Waals surface area contributed by atoms with Crippen molar-refractivity contribution in [2.24, 2.45) is 0 Å². The molecule has 110 valence electrons. The van der Waals surface area contributed by atoms with Gasteiger partial charge in [0.2, 0.25) is 5.91 Å². The average molecular weight is 276 g/mol. The molecule has 1 atom stereocenters. The molecule has 0 aromatic carbocycles. The largest absolute Gasteiger partial charge is 0.344 e. The minimum atomic E-state index is -0.0522. The highest BCUT2D eigenvalue weighted by Crippen LogP contribution is 2.33. The number of likely N-dealkylation sites (tertiary alicyclic amines) is 1.